The fraction of sp³-hybridized carbons (Fsp3) is 0.182. The fourth-order valence-corrected chi connectivity index (χ4v) is 4.03. The first kappa shape index (κ1) is 21.7. The van der Waals surface area contributed by atoms with Gasteiger partial charge in [0, 0.05) is 5.56 Å². The molecule has 0 saturated heterocycles. The number of thiazole rings is 1. The molecule has 1 unspecified atom stereocenters. The second-order valence-corrected chi connectivity index (χ2v) is 8.02. The van der Waals surface area contributed by atoms with E-state index in [4.69, 9.17) is 4.74 Å². The number of para-hydroxylation sites is 1. The van der Waals surface area contributed by atoms with E-state index in [-0.39, 0.29) is 16.3 Å². The number of alkyl halides is 3. The number of aromatic nitrogens is 3. The number of carbonyl (C=O) groups excluding carboxylic acids is 1. The average molecular weight is 459 g/mol. The smallest absolute Gasteiger partial charge is 0.416 e. The summed E-state index contributed by atoms with van der Waals surface area (Å²) in [7, 11) is 0. The van der Waals surface area contributed by atoms with Crippen molar-refractivity contribution < 1.29 is 22.7 Å². The molecule has 0 aliphatic rings. The summed E-state index contributed by atoms with van der Waals surface area (Å²) in [5.74, 6) is -0.464. The number of H-pyrrole nitrogens is 1. The maximum atomic E-state index is 12.8. The fourth-order valence-electron chi connectivity index (χ4n) is 3.08. The van der Waals surface area contributed by atoms with Gasteiger partial charge in [0.2, 0.25) is 0 Å². The molecule has 4 rings (SSSR count). The third-order valence-corrected chi connectivity index (χ3v) is 5.93. The summed E-state index contributed by atoms with van der Waals surface area (Å²) in [6, 6.07) is 11.4. The van der Waals surface area contributed by atoms with E-state index in [0.29, 0.717) is 27.2 Å². The monoisotopic (exact) mass is 459 g/mol. The number of nitrogens with zero attached hydrogens (tertiary/aromatic N) is 2. The Morgan fingerprint density at radius 3 is 2.47 bits per heavy atom. The molecule has 6 nitrogen and oxygen atoms in total. The van der Waals surface area contributed by atoms with E-state index in [1.54, 1.807) is 38.1 Å². The van der Waals surface area contributed by atoms with Crippen molar-refractivity contribution in [3.05, 3.63) is 80.8 Å². The highest BCUT2D eigenvalue weighted by atomic mass is 32.1. The molecule has 10 heteroatoms. The molecule has 1 N–H and O–H groups in total. The van der Waals surface area contributed by atoms with Gasteiger partial charge in [0.05, 0.1) is 22.2 Å². The van der Waals surface area contributed by atoms with Gasteiger partial charge in [0.15, 0.2) is 11.9 Å². The Morgan fingerprint density at radius 2 is 1.78 bits per heavy atom. The standard InChI is InChI=1S/C22H16F3N3O3S/c1-11-17(32-20(26-11)13-7-9-14(10-8-13)22(23,24)25)21(30)31-12(2)18-27-16-6-4-3-5-15(16)19(29)28-18/h3-10,12H,1-2H3,(H,27,28,29). The Kier molecular flexibility index (Phi) is 5.55. The van der Waals surface area contributed by atoms with Crippen molar-refractivity contribution in [3.63, 3.8) is 0 Å². The Labute approximate surface area is 183 Å². The first-order valence-corrected chi connectivity index (χ1v) is 10.3. The predicted octanol–water partition coefficient (Wildman–Crippen LogP) is 5.29. The van der Waals surface area contributed by atoms with Crippen LogP contribution in [0.4, 0.5) is 13.2 Å². The zero-order valence-corrected chi connectivity index (χ0v) is 17.7. The number of carbonyl (C=O) groups is 1. The maximum absolute atomic E-state index is 12.8. The Hall–Kier alpha value is -3.53. The minimum Gasteiger partial charge on any atom is -0.450 e. The highest BCUT2D eigenvalue weighted by Crippen LogP contribution is 2.33. The zero-order chi connectivity index (χ0) is 23.0. The van der Waals surface area contributed by atoms with Crippen molar-refractivity contribution in [1.82, 2.24) is 15.0 Å². The number of ether oxygens (including phenoxy) is 1. The molecule has 32 heavy (non-hydrogen) atoms. The van der Waals surface area contributed by atoms with E-state index < -0.39 is 23.8 Å². The van der Waals surface area contributed by atoms with E-state index in [2.05, 4.69) is 15.0 Å². The lowest BCUT2D eigenvalue weighted by molar-refractivity contribution is -0.137. The number of benzene rings is 2. The molecule has 0 aliphatic carbocycles. The summed E-state index contributed by atoms with van der Waals surface area (Å²) in [6.07, 6.45) is -5.27. The lowest BCUT2D eigenvalue weighted by atomic mass is 10.1. The van der Waals surface area contributed by atoms with Crippen LogP contribution in [0.25, 0.3) is 21.5 Å². The second-order valence-electron chi connectivity index (χ2n) is 7.02. The predicted molar refractivity (Wildman–Crippen MR) is 113 cm³/mol. The van der Waals surface area contributed by atoms with E-state index in [0.717, 1.165) is 23.5 Å². The first-order chi connectivity index (χ1) is 15.1. The van der Waals surface area contributed by atoms with Gasteiger partial charge >= 0.3 is 12.1 Å². The first-order valence-electron chi connectivity index (χ1n) is 9.48. The van der Waals surface area contributed by atoms with Crippen LogP contribution in [0.1, 0.15) is 39.8 Å². The van der Waals surface area contributed by atoms with Crippen LogP contribution in [0.15, 0.2) is 53.3 Å². The lowest BCUT2D eigenvalue weighted by Gasteiger charge is -2.12. The molecule has 0 fully saturated rings. The van der Waals surface area contributed by atoms with Gasteiger partial charge in [-0.15, -0.1) is 11.3 Å². The van der Waals surface area contributed by atoms with Crippen molar-refractivity contribution in [3.8, 4) is 10.6 Å². The van der Waals surface area contributed by atoms with E-state index in [1.807, 2.05) is 0 Å². The van der Waals surface area contributed by atoms with Gasteiger partial charge in [0.1, 0.15) is 9.88 Å². The highest BCUT2D eigenvalue weighted by Gasteiger charge is 2.30. The molecule has 2 heterocycles. The van der Waals surface area contributed by atoms with Crippen molar-refractivity contribution in [2.45, 2.75) is 26.1 Å². The quantitative estimate of drug-likeness (QED) is 0.419. The van der Waals surface area contributed by atoms with Crippen LogP contribution in [0.5, 0.6) is 0 Å². The third-order valence-electron chi connectivity index (χ3n) is 4.74. The van der Waals surface area contributed by atoms with Gasteiger partial charge in [-0.2, -0.15) is 13.2 Å². The number of nitrogens with one attached hydrogen (secondary N) is 1. The van der Waals surface area contributed by atoms with Crippen LogP contribution < -0.4 is 5.56 Å². The Balaban J connectivity index is 1.55. The van der Waals surface area contributed by atoms with E-state index >= 15 is 0 Å². The molecule has 4 aromatic rings. The van der Waals surface area contributed by atoms with Crippen molar-refractivity contribution >= 4 is 28.2 Å². The van der Waals surface area contributed by atoms with Crippen LogP contribution >= 0.6 is 11.3 Å². The van der Waals surface area contributed by atoms with Gasteiger partial charge < -0.3 is 9.72 Å². The Bertz CT molecular complexity index is 1360. The summed E-state index contributed by atoms with van der Waals surface area (Å²) in [5.41, 5.74) is 0.223. The molecular weight excluding hydrogens is 443 g/mol. The van der Waals surface area contributed by atoms with E-state index in [9.17, 15) is 22.8 Å². The van der Waals surface area contributed by atoms with Crippen molar-refractivity contribution in [1.29, 1.82) is 0 Å². The number of rotatable bonds is 4. The minimum absolute atomic E-state index is 0.201. The number of hydrogen-bond donors (Lipinski definition) is 1. The summed E-state index contributed by atoms with van der Waals surface area (Å²) >= 11 is 1.02. The number of esters is 1. The van der Waals surface area contributed by atoms with Gasteiger partial charge in [-0.25, -0.2) is 14.8 Å². The largest absolute Gasteiger partial charge is 0.450 e. The molecule has 0 spiro atoms. The van der Waals surface area contributed by atoms with Gasteiger partial charge in [-0.05, 0) is 38.1 Å². The minimum atomic E-state index is -4.43. The summed E-state index contributed by atoms with van der Waals surface area (Å²) < 4.78 is 43.8. The molecule has 0 amide bonds. The van der Waals surface area contributed by atoms with Crippen molar-refractivity contribution in [2.24, 2.45) is 0 Å². The van der Waals surface area contributed by atoms with Crippen molar-refractivity contribution in [2.75, 3.05) is 0 Å². The van der Waals surface area contributed by atoms with Crippen LogP contribution in [-0.4, -0.2) is 20.9 Å². The Morgan fingerprint density at radius 1 is 1.09 bits per heavy atom. The number of fused-ring (bicyclic) bond motifs is 1. The lowest BCUT2D eigenvalue weighted by Crippen LogP contribution is -2.17. The maximum Gasteiger partial charge on any atom is 0.416 e. The summed E-state index contributed by atoms with van der Waals surface area (Å²) in [4.78, 5) is 36.4. The van der Waals surface area contributed by atoms with E-state index in [1.165, 1.54) is 12.1 Å². The molecule has 2 aromatic carbocycles. The molecule has 0 bridgehead atoms. The van der Waals surface area contributed by atoms with Gasteiger partial charge in [0.25, 0.3) is 5.56 Å². The number of aryl methyl sites for hydroxylation is 1. The van der Waals surface area contributed by atoms with Crippen LogP contribution in [-0.2, 0) is 10.9 Å². The number of halogens is 3. The topological polar surface area (TPSA) is 84.9 Å². The summed E-state index contributed by atoms with van der Waals surface area (Å²) in [5, 5.41) is 0.822. The molecule has 2 aromatic heterocycles. The molecule has 1 atom stereocenters. The molecular formula is C22H16F3N3O3S. The third kappa shape index (κ3) is 4.26. The molecule has 0 aliphatic heterocycles. The molecule has 0 radical (unpaired) electrons. The average Bonchev–Trinajstić information content (AvgIpc) is 3.15. The SMILES string of the molecule is Cc1nc(-c2ccc(C(F)(F)F)cc2)sc1C(=O)OC(C)c1nc2ccccc2c(=O)[nH]1. The molecule has 164 valence electrons. The van der Waals surface area contributed by atoms with Crippen LogP contribution in [0.2, 0.25) is 0 Å². The number of hydrogen-bond acceptors (Lipinski definition) is 6. The number of aromatic amines is 1. The zero-order valence-electron chi connectivity index (χ0n) is 16.9. The molecule has 0 saturated carbocycles. The van der Waals surface area contributed by atoms with Gasteiger partial charge in [-0.3, -0.25) is 4.79 Å². The summed E-state index contributed by atoms with van der Waals surface area (Å²) in [6.45, 7) is 3.19. The van der Waals surface area contributed by atoms with Crippen LogP contribution in [0.3, 0.4) is 0 Å². The normalized spacial score (nSPS) is 12.7. The van der Waals surface area contributed by atoms with Crippen LogP contribution in [0, 0.1) is 6.92 Å². The highest BCUT2D eigenvalue weighted by molar-refractivity contribution is 7.17. The van der Waals surface area contributed by atoms with Gasteiger partial charge in [-0.1, -0.05) is 24.3 Å². The second kappa shape index (κ2) is 8.19.